The maximum atomic E-state index is 4.42. The highest BCUT2D eigenvalue weighted by Crippen LogP contribution is 2.25. The van der Waals surface area contributed by atoms with Gasteiger partial charge < -0.3 is 15.5 Å². The molecular formula is C19H35IN4S. The van der Waals surface area contributed by atoms with Crippen LogP contribution in [-0.4, -0.2) is 38.7 Å². The number of piperidine rings is 1. The normalized spacial score (nSPS) is 16.7. The SMILES string of the molecule is CN=C(NCC(C)(C)CC(C)C)NC1CCN(c2cccs2)CC1.I. The first-order valence-corrected chi connectivity index (χ1v) is 10.0. The lowest BCUT2D eigenvalue weighted by molar-refractivity contribution is 0.285. The van der Waals surface area contributed by atoms with Crippen molar-refractivity contribution < 1.29 is 0 Å². The van der Waals surface area contributed by atoms with E-state index in [4.69, 9.17) is 0 Å². The van der Waals surface area contributed by atoms with Crippen molar-refractivity contribution in [3.63, 3.8) is 0 Å². The van der Waals surface area contributed by atoms with Crippen LogP contribution in [0, 0.1) is 11.3 Å². The number of aliphatic imine (C=N–C) groups is 1. The minimum Gasteiger partial charge on any atom is -0.363 e. The van der Waals surface area contributed by atoms with Crippen LogP contribution >= 0.6 is 35.3 Å². The van der Waals surface area contributed by atoms with Crippen molar-refractivity contribution in [3.05, 3.63) is 17.5 Å². The maximum Gasteiger partial charge on any atom is 0.191 e. The molecule has 2 N–H and O–H groups in total. The van der Waals surface area contributed by atoms with Crippen LogP contribution in [0.2, 0.25) is 0 Å². The molecule has 144 valence electrons. The molecule has 1 aliphatic rings. The van der Waals surface area contributed by atoms with Gasteiger partial charge in [0.2, 0.25) is 0 Å². The number of hydrogen-bond donors (Lipinski definition) is 2. The minimum absolute atomic E-state index is 0. The standard InChI is InChI=1S/C19H34N4S.HI/c1-15(2)13-19(3,4)14-21-18(20-5)22-16-8-10-23(11-9-16)17-7-6-12-24-17;/h6-7,12,15-16H,8-11,13-14H2,1-5H3,(H2,20,21,22);1H. The fourth-order valence-electron chi connectivity index (χ4n) is 3.58. The molecule has 1 aromatic heterocycles. The quantitative estimate of drug-likeness (QED) is 0.358. The molecule has 0 spiro atoms. The van der Waals surface area contributed by atoms with Crippen molar-refractivity contribution in [2.75, 3.05) is 31.6 Å². The van der Waals surface area contributed by atoms with Gasteiger partial charge in [0.15, 0.2) is 5.96 Å². The maximum absolute atomic E-state index is 4.42. The van der Waals surface area contributed by atoms with Gasteiger partial charge >= 0.3 is 0 Å². The lowest BCUT2D eigenvalue weighted by Crippen LogP contribution is -2.50. The molecular weight excluding hydrogens is 443 g/mol. The lowest BCUT2D eigenvalue weighted by Gasteiger charge is -2.34. The first-order chi connectivity index (χ1) is 11.4. The summed E-state index contributed by atoms with van der Waals surface area (Å²) in [7, 11) is 1.87. The zero-order valence-electron chi connectivity index (χ0n) is 16.3. The van der Waals surface area contributed by atoms with Gasteiger partial charge in [-0.1, -0.05) is 27.7 Å². The third kappa shape index (κ3) is 7.72. The Labute approximate surface area is 174 Å². The largest absolute Gasteiger partial charge is 0.363 e. The Bertz CT molecular complexity index is 506. The summed E-state index contributed by atoms with van der Waals surface area (Å²) >= 11 is 1.83. The van der Waals surface area contributed by atoms with Crippen LogP contribution in [-0.2, 0) is 0 Å². The minimum atomic E-state index is 0. The smallest absolute Gasteiger partial charge is 0.191 e. The predicted octanol–water partition coefficient (Wildman–Crippen LogP) is 4.57. The molecule has 0 unspecified atom stereocenters. The Kier molecular flexibility index (Phi) is 9.56. The van der Waals surface area contributed by atoms with Crippen molar-refractivity contribution in [3.8, 4) is 0 Å². The number of anilines is 1. The Balaban J connectivity index is 0.00000312. The molecule has 0 bridgehead atoms. The summed E-state index contributed by atoms with van der Waals surface area (Å²) in [6.07, 6.45) is 3.54. The van der Waals surface area contributed by atoms with Gasteiger partial charge in [-0.2, -0.15) is 0 Å². The van der Waals surface area contributed by atoms with Gasteiger partial charge in [0, 0.05) is 32.7 Å². The van der Waals surface area contributed by atoms with Crippen molar-refractivity contribution in [2.24, 2.45) is 16.3 Å². The van der Waals surface area contributed by atoms with E-state index in [1.54, 1.807) is 0 Å². The number of nitrogens with zero attached hydrogens (tertiary/aromatic N) is 2. The van der Waals surface area contributed by atoms with Crippen molar-refractivity contribution in [2.45, 2.75) is 53.0 Å². The molecule has 1 saturated heterocycles. The second kappa shape index (κ2) is 10.6. The van der Waals surface area contributed by atoms with Crippen molar-refractivity contribution in [1.82, 2.24) is 10.6 Å². The highest BCUT2D eigenvalue weighted by Gasteiger charge is 2.23. The molecule has 1 aromatic rings. The Morgan fingerprint density at radius 2 is 2.04 bits per heavy atom. The average Bonchev–Trinajstić information content (AvgIpc) is 3.05. The van der Waals surface area contributed by atoms with E-state index in [1.807, 2.05) is 18.4 Å². The summed E-state index contributed by atoms with van der Waals surface area (Å²) in [6.45, 7) is 12.4. The molecule has 25 heavy (non-hydrogen) atoms. The van der Waals surface area contributed by atoms with Gasteiger partial charge in [-0.05, 0) is 48.1 Å². The average molecular weight is 478 g/mol. The number of thiophene rings is 1. The second-order valence-electron chi connectivity index (χ2n) is 8.04. The lowest BCUT2D eigenvalue weighted by atomic mass is 9.84. The summed E-state index contributed by atoms with van der Waals surface area (Å²) in [5.74, 6) is 1.67. The molecule has 0 atom stereocenters. The summed E-state index contributed by atoms with van der Waals surface area (Å²) < 4.78 is 0. The Morgan fingerprint density at radius 1 is 1.36 bits per heavy atom. The van der Waals surface area contributed by atoms with E-state index in [1.165, 1.54) is 11.4 Å². The van der Waals surface area contributed by atoms with Crippen LogP contribution in [0.3, 0.4) is 0 Å². The zero-order chi connectivity index (χ0) is 17.6. The van der Waals surface area contributed by atoms with E-state index in [9.17, 15) is 0 Å². The predicted molar refractivity (Wildman–Crippen MR) is 123 cm³/mol. The van der Waals surface area contributed by atoms with Crippen LogP contribution < -0.4 is 15.5 Å². The molecule has 1 aliphatic heterocycles. The van der Waals surface area contributed by atoms with Crippen LogP contribution in [0.15, 0.2) is 22.5 Å². The summed E-state index contributed by atoms with van der Waals surface area (Å²) in [4.78, 5) is 6.91. The van der Waals surface area contributed by atoms with Gasteiger partial charge in [-0.15, -0.1) is 35.3 Å². The zero-order valence-corrected chi connectivity index (χ0v) is 19.5. The van der Waals surface area contributed by atoms with Crippen LogP contribution in [0.25, 0.3) is 0 Å². The van der Waals surface area contributed by atoms with Gasteiger partial charge in [0.25, 0.3) is 0 Å². The fourth-order valence-corrected chi connectivity index (χ4v) is 4.37. The summed E-state index contributed by atoms with van der Waals surface area (Å²) in [5, 5.41) is 10.7. The van der Waals surface area contributed by atoms with Crippen LogP contribution in [0.1, 0.15) is 47.0 Å². The molecule has 0 saturated carbocycles. The van der Waals surface area contributed by atoms with Crippen molar-refractivity contribution >= 4 is 46.3 Å². The van der Waals surface area contributed by atoms with E-state index >= 15 is 0 Å². The van der Waals surface area contributed by atoms with Gasteiger partial charge in [-0.3, -0.25) is 4.99 Å². The van der Waals surface area contributed by atoms with E-state index in [0.29, 0.717) is 6.04 Å². The molecule has 4 nitrogen and oxygen atoms in total. The second-order valence-corrected chi connectivity index (χ2v) is 8.97. The monoisotopic (exact) mass is 478 g/mol. The molecule has 0 radical (unpaired) electrons. The van der Waals surface area contributed by atoms with Crippen LogP contribution in [0.5, 0.6) is 0 Å². The highest BCUT2D eigenvalue weighted by molar-refractivity contribution is 14.0. The van der Waals surface area contributed by atoms with Crippen molar-refractivity contribution in [1.29, 1.82) is 0 Å². The first-order valence-electron chi connectivity index (χ1n) is 9.15. The Morgan fingerprint density at radius 3 is 2.56 bits per heavy atom. The third-order valence-electron chi connectivity index (χ3n) is 4.57. The third-order valence-corrected chi connectivity index (χ3v) is 5.50. The molecule has 1 fully saturated rings. The van der Waals surface area contributed by atoms with Crippen LogP contribution in [0.4, 0.5) is 5.00 Å². The van der Waals surface area contributed by atoms with Gasteiger partial charge in [0.05, 0.1) is 5.00 Å². The van der Waals surface area contributed by atoms with Gasteiger partial charge in [-0.25, -0.2) is 0 Å². The van der Waals surface area contributed by atoms with E-state index in [-0.39, 0.29) is 29.4 Å². The topological polar surface area (TPSA) is 39.7 Å². The highest BCUT2D eigenvalue weighted by atomic mass is 127. The van der Waals surface area contributed by atoms with E-state index in [2.05, 4.69) is 65.7 Å². The summed E-state index contributed by atoms with van der Waals surface area (Å²) in [6, 6.07) is 4.87. The number of hydrogen-bond acceptors (Lipinski definition) is 3. The molecule has 6 heteroatoms. The Hall–Kier alpha value is -0.500. The molecule has 2 rings (SSSR count). The number of halogens is 1. The van der Waals surface area contributed by atoms with E-state index in [0.717, 1.165) is 44.4 Å². The summed E-state index contributed by atoms with van der Waals surface area (Å²) in [5.41, 5.74) is 0.286. The molecule has 0 amide bonds. The molecule has 0 aliphatic carbocycles. The molecule has 0 aromatic carbocycles. The van der Waals surface area contributed by atoms with Gasteiger partial charge in [0.1, 0.15) is 0 Å². The number of nitrogens with one attached hydrogen (secondary N) is 2. The fraction of sp³-hybridized carbons (Fsp3) is 0.737. The number of rotatable bonds is 6. The molecule has 2 heterocycles. The number of guanidine groups is 1. The first kappa shape index (κ1) is 22.5. The van der Waals surface area contributed by atoms with E-state index < -0.39 is 0 Å².